The van der Waals surface area contributed by atoms with E-state index in [1.54, 1.807) is 6.19 Å². The average Bonchev–Trinajstić information content (AvgIpc) is 2.10. The molecule has 0 aliphatic rings. The van der Waals surface area contributed by atoms with Crippen molar-refractivity contribution in [2.75, 3.05) is 12.8 Å². The lowest BCUT2D eigenvalue weighted by Gasteiger charge is -1.98. The van der Waals surface area contributed by atoms with Crippen LogP contribution in [-0.2, 0) is 4.79 Å². The maximum Gasteiger partial charge on any atom is 0.217 e. The summed E-state index contributed by atoms with van der Waals surface area (Å²) in [6.07, 6.45) is 4.54. The van der Waals surface area contributed by atoms with Gasteiger partial charge >= 0.3 is 0 Å². The number of nitrogens with two attached hydrogens (primary N) is 1. The van der Waals surface area contributed by atoms with Gasteiger partial charge in [0.15, 0.2) is 11.4 Å². The standard InChI is InChI=1S/C7H12N4OS/c1-13-7(11-5-8)10-4-2-3-6(9)12/h2-4H2,1H3,(H2,9,12)(H,10,11). The summed E-state index contributed by atoms with van der Waals surface area (Å²) < 4.78 is 0. The van der Waals surface area contributed by atoms with Crippen LogP contribution in [0.1, 0.15) is 12.8 Å². The molecule has 13 heavy (non-hydrogen) atoms. The van der Waals surface area contributed by atoms with Crippen LogP contribution in [0.3, 0.4) is 0 Å². The molecule has 0 aromatic heterocycles. The molecular formula is C7H12N4OS. The number of nitriles is 1. The number of primary amides is 1. The number of thioether (sulfide) groups is 1. The molecule has 0 fully saturated rings. The topological polar surface area (TPSA) is 91.3 Å². The molecule has 0 rings (SSSR count). The third-order valence-electron chi connectivity index (χ3n) is 1.19. The number of hydrogen-bond acceptors (Lipinski definition) is 4. The smallest absolute Gasteiger partial charge is 0.217 e. The number of carbonyl (C=O) groups excluding carboxylic acids is 1. The zero-order chi connectivity index (χ0) is 10.1. The van der Waals surface area contributed by atoms with Crippen LogP contribution in [0.15, 0.2) is 4.99 Å². The first kappa shape index (κ1) is 11.8. The summed E-state index contributed by atoms with van der Waals surface area (Å²) in [5, 5.41) is 11.3. The highest BCUT2D eigenvalue weighted by atomic mass is 32.2. The second-order valence-corrected chi connectivity index (χ2v) is 2.99. The van der Waals surface area contributed by atoms with Gasteiger partial charge in [0, 0.05) is 13.0 Å². The first-order chi connectivity index (χ1) is 6.20. The number of amidine groups is 1. The largest absolute Gasteiger partial charge is 0.370 e. The van der Waals surface area contributed by atoms with Gasteiger partial charge in [-0.15, -0.1) is 0 Å². The molecule has 72 valence electrons. The van der Waals surface area contributed by atoms with Crippen LogP contribution >= 0.6 is 11.8 Å². The fourth-order valence-corrected chi connectivity index (χ4v) is 1.00. The summed E-state index contributed by atoms with van der Waals surface area (Å²) in [4.78, 5) is 14.4. The molecule has 0 heterocycles. The van der Waals surface area contributed by atoms with Crippen LogP contribution < -0.4 is 11.1 Å². The molecule has 6 heteroatoms. The summed E-state index contributed by atoms with van der Waals surface area (Å²) in [7, 11) is 0. The van der Waals surface area contributed by atoms with E-state index in [0.29, 0.717) is 24.6 Å². The minimum absolute atomic E-state index is 0.325. The molecule has 0 bridgehead atoms. The zero-order valence-corrected chi connectivity index (χ0v) is 8.23. The van der Waals surface area contributed by atoms with E-state index in [0.717, 1.165) is 0 Å². The average molecular weight is 200 g/mol. The molecule has 0 spiro atoms. The Hall–Kier alpha value is -1.22. The molecule has 0 saturated heterocycles. The number of nitrogens with zero attached hydrogens (tertiary/aromatic N) is 2. The van der Waals surface area contributed by atoms with Crippen LogP contribution in [0, 0.1) is 11.5 Å². The molecule has 0 aromatic carbocycles. The van der Waals surface area contributed by atoms with Gasteiger partial charge in [-0.05, 0) is 12.7 Å². The molecule has 5 nitrogen and oxygen atoms in total. The fourth-order valence-electron chi connectivity index (χ4n) is 0.637. The van der Waals surface area contributed by atoms with Gasteiger partial charge in [-0.2, -0.15) is 5.26 Å². The van der Waals surface area contributed by atoms with Gasteiger partial charge in [0.1, 0.15) is 0 Å². The molecule has 1 amide bonds. The van der Waals surface area contributed by atoms with Gasteiger partial charge in [-0.1, -0.05) is 11.8 Å². The van der Waals surface area contributed by atoms with Crippen molar-refractivity contribution in [2.45, 2.75) is 12.8 Å². The molecule has 0 aromatic rings. The Bertz CT molecular complexity index is 233. The second-order valence-electron chi connectivity index (χ2n) is 2.20. The van der Waals surface area contributed by atoms with Crippen LogP contribution in [0.2, 0.25) is 0 Å². The van der Waals surface area contributed by atoms with E-state index < -0.39 is 0 Å². The van der Waals surface area contributed by atoms with Crippen molar-refractivity contribution in [3.05, 3.63) is 0 Å². The van der Waals surface area contributed by atoms with Crippen molar-refractivity contribution in [1.82, 2.24) is 5.32 Å². The van der Waals surface area contributed by atoms with E-state index in [-0.39, 0.29) is 5.91 Å². The van der Waals surface area contributed by atoms with Gasteiger partial charge in [-0.3, -0.25) is 15.1 Å². The van der Waals surface area contributed by atoms with E-state index in [2.05, 4.69) is 10.3 Å². The molecule has 0 aliphatic carbocycles. The minimum atomic E-state index is -0.325. The third kappa shape index (κ3) is 7.15. The Balaban J connectivity index is 3.68. The van der Waals surface area contributed by atoms with Gasteiger partial charge < -0.3 is 5.73 Å². The van der Waals surface area contributed by atoms with E-state index in [1.807, 2.05) is 6.26 Å². The van der Waals surface area contributed by atoms with Crippen molar-refractivity contribution in [2.24, 2.45) is 10.7 Å². The number of carbonyl (C=O) groups is 1. The number of rotatable bonds is 4. The number of hydrogen-bond donors (Lipinski definition) is 2. The molecular weight excluding hydrogens is 188 g/mol. The third-order valence-corrected chi connectivity index (χ3v) is 1.81. The van der Waals surface area contributed by atoms with Crippen LogP contribution in [-0.4, -0.2) is 23.9 Å². The Kier molecular flexibility index (Phi) is 6.73. The maximum absolute atomic E-state index is 10.3. The monoisotopic (exact) mass is 200 g/mol. The highest BCUT2D eigenvalue weighted by Gasteiger charge is 1.95. The molecule has 0 radical (unpaired) electrons. The van der Waals surface area contributed by atoms with Gasteiger partial charge in [0.25, 0.3) is 0 Å². The Morgan fingerprint density at radius 1 is 1.77 bits per heavy atom. The number of amides is 1. The van der Waals surface area contributed by atoms with Crippen molar-refractivity contribution in [1.29, 1.82) is 5.26 Å². The number of aliphatic imine (C=N–C) groups is 1. The summed E-state index contributed by atoms with van der Waals surface area (Å²) in [6.45, 7) is 0.508. The van der Waals surface area contributed by atoms with Crippen molar-refractivity contribution in [3.63, 3.8) is 0 Å². The van der Waals surface area contributed by atoms with Crippen molar-refractivity contribution in [3.8, 4) is 6.19 Å². The maximum atomic E-state index is 10.3. The Morgan fingerprint density at radius 2 is 2.46 bits per heavy atom. The Labute approximate surface area is 81.4 Å². The van der Waals surface area contributed by atoms with Gasteiger partial charge in [0.05, 0.1) is 0 Å². The predicted octanol–water partition coefficient (Wildman–Crippen LogP) is 0.0416. The van der Waals surface area contributed by atoms with E-state index in [1.165, 1.54) is 11.8 Å². The predicted molar refractivity (Wildman–Crippen MR) is 53.0 cm³/mol. The summed E-state index contributed by atoms with van der Waals surface area (Å²) >= 11 is 1.35. The van der Waals surface area contributed by atoms with Crippen molar-refractivity contribution >= 4 is 22.8 Å². The summed E-state index contributed by atoms with van der Waals surface area (Å²) in [5.74, 6) is -0.325. The molecule has 0 saturated carbocycles. The molecule has 3 N–H and O–H groups in total. The van der Waals surface area contributed by atoms with E-state index in [9.17, 15) is 4.79 Å². The summed E-state index contributed by atoms with van der Waals surface area (Å²) in [6, 6.07) is 0. The lowest BCUT2D eigenvalue weighted by molar-refractivity contribution is -0.118. The lowest BCUT2D eigenvalue weighted by atomic mass is 10.3. The first-order valence-electron chi connectivity index (χ1n) is 3.72. The molecule has 0 aliphatic heterocycles. The van der Waals surface area contributed by atoms with E-state index >= 15 is 0 Å². The van der Waals surface area contributed by atoms with Crippen LogP contribution in [0.25, 0.3) is 0 Å². The van der Waals surface area contributed by atoms with Crippen LogP contribution in [0.4, 0.5) is 0 Å². The first-order valence-corrected chi connectivity index (χ1v) is 4.95. The fraction of sp³-hybridized carbons (Fsp3) is 0.571. The number of nitrogens with one attached hydrogen (secondary N) is 1. The van der Waals surface area contributed by atoms with Crippen molar-refractivity contribution < 1.29 is 4.79 Å². The quantitative estimate of drug-likeness (QED) is 0.220. The van der Waals surface area contributed by atoms with Gasteiger partial charge in [-0.25, -0.2) is 0 Å². The minimum Gasteiger partial charge on any atom is -0.370 e. The lowest BCUT2D eigenvalue weighted by Crippen LogP contribution is -2.14. The summed E-state index contributed by atoms with van der Waals surface area (Å²) in [5.41, 5.74) is 4.94. The van der Waals surface area contributed by atoms with Crippen LogP contribution in [0.5, 0.6) is 0 Å². The Morgan fingerprint density at radius 3 is 2.92 bits per heavy atom. The highest BCUT2D eigenvalue weighted by Crippen LogP contribution is 1.96. The van der Waals surface area contributed by atoms with E-state index in [4.69, 9.17) is 11.0 Å². The SMILES string of the molecule is CSC(=NCCCC(N)=O)NC#N. The second kappa shape index (κ2) is 7.43. The highest BCUT2D eigenvalue weighted by molar-refractivity contribution is 8.13. The zero-order valence-electron chi connectivity index (χ0n) is 7.41. The van der Waals surface area contributed by atoms with Gasteiger partial charge in [0.2, 0.25) is 5.91 Å². The normalized spacial score (nSPS) is 10.6. The molecule has 0 atom stereocenters. The molecule has 0 unspecified atom stereocenters.